The van der Waals surface area contributed by atoms with E-state index in [1.165, 1.54) is 14.0 Å². The number of alkyl halides is 6. The molecule has 0 heterocycles. The molecule has 0 saturated heterocycles. The number of aromatic hydroxyl groups is 1. The topological polar surface area (TPSA) is 61.4 Å². The standard InChI is InChI=1S/C19H18F6N2O2/c1-10-4-5-12(8-14(10)27-11(2)28)17(18(20,21)22,19(23,24)25)13-6-7-16(29)15(9-13)26-3/h4-9,26,29H,1-3H3,(H,27,28). The van der Waals surface area contributed by atoms with Crippen LogP contribution in [0.1, 0.15) is 23.6 Å². The van der Waals surface area contributed by atoms with E-state index in [9.17, 15) is 36.2 Å². The van der Waals surface area contributed by atoms with Crippen molar-refractivity contribution < 1.29 is 36.2 Å². The molecule has 158 valence electrons. The summed E-state index contributed by atoms with van der Waals surface area (Å²) in [6, 6.07) is 4.42. The molecule has 0 bridgehead atoms. The maximum Gasteiger partial charge on any atom is 0.411 e. The van der Waals surface area contributed by atoms with Gasteiger partial charge in [-0.1, -0.05) is 18.2 Å². The molecule has 0 aliphatic heterocycles. The fourth-order valence-corrected chi connectivity index (χ4v) is 3.13. The Bertz CT molecular complexity index is 908. The van der Waals surface area contributed by atoms with E-state index in [0.29, 0.717) is 23.8 Å². The SMILES string of the molecule is CNc1cc(C(c2ccc(C)c(NC(C)=O)c2)(C(F)(F)F)C(F)(F)F)ccc1O. The van der Waals surface area contributed by atoms with Gasteiger partial charge >= 0.3 is 12.4 Å². The summed E-state index contributed by atoms with van der Waals surface area (Å²) in [5, 5.41) is 14.3. The van der Waals surface area contributed by atoms with Crippen molar-refractivity contribution in [2.45, 2.75) is 31.6 Å². The third-order valence-electron chi connectivity index (χ3n) is 4.53. The minimum atomic E-state index is -5.78. The Morgan fingerprint density at radius 1 is 0.897 bits per heavy atom. The molecule has 0 aliphatic rings. The Morgan fingerprint density at radius 2 is 1.38 bits per heavy atom. The first-order valence-electron chi connectivity index (χ1n) is 8.29. The second kappa shape index (κ2) is 7.49. The molecule has 10 heteroatoms. The predicted octanol–water partition coefficient (Wildman–Crippen LogP) is 5.11. The molecule has 29 heavy (non-hydrogen) atoms. The van der Waals surface area contributed by atoms with E-state index >= 15 is 0 Å². The lowest BCUT2D eigenvalue weighted by Gasteiger charge is -2.38. The number of hydrogen-bond donors (Lipinski definition) is 3. The van der Waals surface area contributed by atoms with Gasteiger partial charge in [-0.3, -0.25) is 4.79 Å². The van der Waals surface area contributed by atoms with Crippen molar-refractivity contribution in [2.24, 2.45) is 0 Å². The monoisotopic (exact) mass is 420 g/mol. The van der Waals surface area contributed by atoms with Gasteiger partial charge in [-0.05, 0) is 41.8 Å². The van der Waals surface area contributed by atoms with Gasteiger partial charge < -0.3 is 15.7 Å². The third kappa shape index (κ3) is 3.83. The summed E-state index contributed by atoms with van der Waals surface area (Å²) in [6.45, 7) is 2.53. The van der Waals surface area contributed by atoms with Crippen LogP contribution in [0.25, 0.3) is 0 Å². The zero-order chi connectivity index (χ0) is 22.2. The van der Waals surface area contributed by atoms with Gasteiger partial charge in [0.25, 0.3) is 0 Å². The minimum absolute atomic E-state index is 0.166. The molecule has 4 nitrogen and oxygen atoms in total. The zero-order valence-electron chi connectivity index (χ0n) is 15.6. The molecule has 0 atom stereocenters. The Kier molecular flexibility index (Phi) is 5.78. The number of carbonyl (C=O) groups excluding carboxylic acids is 1. The van der Waals surface area contributed by atoms with Crippen LogP contribution in [0, 0.1) is 6.92 Å². The molecule has 0 saturated carbocycles. The molecule has 1 amide bonds. The quantitative estimate of drug-likeness (QED) is 0.476. The summed E-state index contributed by atoms with van der Waals surface area (Å²) >= 11 is 0. The van der Waals surface area contributed by atoms with Gasteiger partial charge in [0.1, 0.15) is 5.75 Å². The molecule has 2 rings (SSSR count). The Morgan fingerprint density at radius 3 is 1.83 bits per heavy atom. The minimum Gasteiger partial charge on any atom is -0.506 e. The largest absolute Gasteiger partial charge is 0.506 e. The van der Waals surface area contributed by atoms with E-state index in [1.807, 2.05) is 0 Å². The van der Waals surface area contributed by atoms with E-state index in [1.54, 1.807) is 0 Å². The van der Waals surface area contributed by atoms with Gasteiger partial charge in [0, 0.05) is 19.7 Å². The van der Waals surface area contributed by atoms with Crippen LogP contribution in [0.2, 0.25) is 0 Å². The number of nitrogens with one attached hydrogen (secondary N) is 2. The highest BCUT2D eigenvalue weighted by atomic mass is 19.4. The Balaban J connectivity index is 2.94. The molecule has 0 unspecified atom stereocenters. The van der Waals surface area contributed by atoms with E-state index < -0.39 is 40.6 Å². The van der Waals surface area contributed by atoms with Gasteiger partial charge in [0.05, 0.1) is 5.69 Å². The van der Waals surface area contributed by atoms with Crippen molar-refractivity contribution in [2.75, 3.05) is 17.7 Å². The number of rotatable bonds is 4. The van der Waals surface area contributed by atoms with E-state index in [-0.39, 0.29) is 11.4 Å². The van der Waals surface area contributed by atoms with Crippen LogP contribution in [0.5, 0.6) is 5.75 Å². The van der Waals surface area contributed by atoms with E-state index in [2.05, 4.69) is 10.6 Å². The van der Waals surface area contributed by atoms with Gasteiger partial charge in [-0.15, -0.1) is 0 Å². The summed E-state index contributed by atoms with van der Waals surface area (Å²) in [5.74, 6) is -1.14. The van der Waals surface area contributed by atoms with Crippen LogP contribution in [0.4, 0.5) is 37.7 Å². The van der Waals surface area contributed by atoms with Crippen LogP contribution < -0.4 is 10.6 Å². The first kappa shape index (κ1) is 22.4. The molecule has 2 aromatic carbocycles. The van der Waals surface area contributed by atoms with Gasteiger partial charge in [0.15, 0.2) is 0 Å². The van der Waals surface area contributed by atoms with Crippen molar-refractivity contribution in [1.82, 2.24) is 0 Å². The van der Waals surface area contributed by atoms with Crippen molar-refractivity contribution in [1.29, 1.82) is 0 Å². The van der Waals surface area contributed by atoms with E-state index in [4.69, 9.17) is 0 Å². The first-order valence-corrected chi connectivity index (χ1v) is 8.29. The number of phenolic OH excluding ortho intramolecular Hbond substituents is 1. The van der Waals surface area contributed by atoms with Crippen molar-refractivity contribution in [3.05, 3.63) is 53.1 Å². The fraction of sp³-hybridized carbons (Fsp3) is 0.316. The number of amides is 1. The van der Waals surface area contributed by atoms with Crippen LogP contribution >= 0.6 is 0 Å². The fourth-order valence-electron chi connectivity index (χ4n) is 3.13. The number of phenols is 1. The number of benzene rings is 2. The van der Waals surface area contributed by atoms with E-state index in [0.717, 1.165) is 25.1 Å². The van der Waals surface area contributed by atoms with Crippen LogP contribution in [-0.2, 0) is 10.2 Å². The second-order valence-electron chi connectivity index (χ2n) is 6.44. The molecule has 0 fully saturated rings. The molecular weight excluding hydrogens is 402 g/mol. The number of aryl methyl sites for hydroxylation is 1. The number of hydrogen-bond acceptors (Lipinski definition) is 3. The zero-order valence-corrected chi connectivity index (χ0v) is 15.6. The summed E-state index contributed by atoms with van der Waals surface area (Å²) < 4.78 is 85.1. The molecule has 0 aliphatic carbocycles. The lowest BCUT2D eigenvalue weighted by molar-refractivity contribution is -0.288. The predicted molar refractivity (Wildman–Crippen MR) is 96.0 cm³/mol. The van der Waals surface area contributed by atoms with Crippen LogP contribution in [-0.4, -0.2) is 30.4 Å². The first-order chi connectivity index (χ1) is 13.3. The maximum absolute atomic E-state index is 14.2. The lowest BCUT2D eigenvalue weighted by Crippen LogP contribution is -2.54. The van der Waals surface area contributed by atoms with Gasteiger partial charge in [-0.25, -0.2) is 0 Å². The highest BCUT2D eigenvalue weighted by Gasteiger charge is 2.72. The molecule has 3 N–H and O–H groups in total. The normalized spacial score (nSPS) is 12.6. The summed E-state index contributed by atoms with van der Waals surface area (Å²) in [5.41, 5.74) is -6.80. The molecule has 0 radical (unpaired) electrons. The summed E-state index contributed by atoms with van der Waals surface area (Å²) in [7, 11) is 1.25. The molecular formula is C19H18F6N2O2. The highest BCUT2D eigenvalue weighted by Crippen LogP contribution is 2.57. The lowest BCUT2D eigenvalue weighted by atomic mass is 9.72. The molecule has 0 spiro atoms. The van der Waals surface area contributed by atoms with Gasteiger partial charge in [0.2, 0.25) is 11.3 Å². The summed E-state index contributed by atoms with van der Waals surface area (Å²) in [6.07, 6.45) is -11.6. The van der Waals surface area contributed by atoms with Crippen molar-refractivity contribution in [3.8, 4) is 5.75 Å². The smallest absolute Gasteiger partial charge is 0.411 e. The van der Waals surface area contributed by atoms with Gasteiger partial charge in [-0.2, -0.15) is 26.3 Å². The molecule has 2 aromatic rings. The Labute approximate surface area is 162 Å². The second-order valence-corrected chi connectivity index (χ2v) is 6.44. The van der Waals surface area contributed by atoms with Crippen molar-refractivity contribution in [3.63, 3.8) is 0 Å². The molecule has 0 aromatic heterocycles. The average molecular weight is 420 g/mol. The third-order valence-corrected chi connectivity index (χ3v) is 4.53. The number of carbonyl (C=O) groups is 1. The summed E-state index contributed by atoms with van der Waals surface area (Å²) in [4.78, 5) is 11.3. The van der Waals surface area contributed by atoms with Crippen LogP contribution in [0.15, 0.2) is 36.4 Å². The Hall–Kier alpha value is -2.91. The highest BCUT2D eigenvalue weighted by molar-refractivity contribution is 5.89. The van der Waals surface area contributed by atoms with Crippen LogP contribution in [0.3, 0.4) is 0 Å². The van der Waals surface area contributed by atoms with Crippen molar-refractivity contribution >= 4 is 17.3 Å². The maximum atomic E-state index is 14.2. The number of anilines is 2. The number of halogens is 6. The average Bonchev–Trinajstić information content (AvgIpc) is 2.56.